The lowest BCUT2D eigenvalue weighted by molar-refractivity contribution is 1.29. The maximum atomic E-state index is 2.32. The third-order valence-corrected chi connectivity index (χ3v) is 7.75. The van der Waals surface area contributed by atoms with Crippen LogP contribution in [0.5, 0.6) is 0 Å². The zero-order valence-electron chi connectivity index (χ0n) is 13.9. The van der Waals surface area contributed by atoms with Crippen molar-refractivity contribution in [2.24, 2.45) is 0 Å². The average molecular weight is 361 g/mol. The molecule has 2 aromatic carbocycles. The molecule has 1 aliphatic rings. The molecule has 0 bridgehead atoms. The first kappa shape index (κ1) is 17.3. The van der Waals surface area contributed by atoms with Crippen LogP contribution in [0.2, 0.25) is 0 Å². The van der Waals surface area contributed by atoms with E-state index < -0.39 is 0 Å². The third-order valence-electron chi connectivity index (χ3n) is 4.23. The normalized spacial score (nSPS) is 16.4. The first-order valence-electron chi connectivity index (χ1n) is 8.18. The first-order valence-corrected chi connectivity index (χ1v) is 11.6. The summed E-state index contributed by atoms with van der Waals surface area (Å²) in [7, 11) is 0. The van der Waals surface area contributed by atoms with E-state index in [-0.39, 0.29) is 0 Å². The fraction of sp³-hybridized carbons (Fsp3) is 0.400. The molecule has 0 aliphatic carbocycles. The van der Waals surface area contributed by atoms with Crippen LogP contribution < -0.4 is 0 Å². The SMILES string of the molecule is Cc1cccc2c1-c1c(C)cccc1CSCCSCCSC2. The topological polar surface area (TPSA) is 0 Å². The van der Waals surface area contributed by atoms with Crippen molar-refractivity contribution in [2.45, 2.75) is 25.4 Å². The molecule has 23 heavy (non-hydrogen) atoms. The molecule has 0 atom stereocenters. The standard InChI is InChI=1S/C20H24S3/c1-15-5-3-7-17-13-22-11-9-21-10-12-23-14-18-8-4-6-16(2)20(18)19(15)17/h3-8H,9-14H2,1-2H3. The monoisotopic (exact) mass is 360 g/mol. The Bertz CT molecular complexity index is 606. The highest BCUT2D eigenvalue weighted by molar-refractivity contribution is 8.04. The van der Waals surface area contributed by atoms with Crippen LogP contribution in [0.1, 0.15) is 22.3 Å². The zero-order chi connectivity index (χ0) is 16.1. The lowest BCUT2D eigenvalue weighted by Gasteiger charge is -2.18. The largest absolute Gasteiger partial charge is 0.160 e. The molecule has 2 aromatic rings. The zero-order valence-corrected chi connectivity index (χ0v) is 16.4. The molecule has 1 aliphatic heterocycles. The minimum Gasteiger partial charge on any atom is -0.160 e. The predicted octanol–water partition coefficient (Wildman–Crippen LogP) is 6.18. The van der Waals surface area contributed by atoms with Crippen LogP contribution >= 0.6 is 35.3 Å². The number of hydrogen-bond acceptors (Lipinski definition) is 3. The summed E-state index contributed by atoms with van der Waals surface area (Å²) in [6.45, 7) is 4.53. The highest BCUT2D eigenvalue weighted by atomic mass is 32.2. The van der Waals surface area contributed by atoms with Crippen LogP contribution in [0.15, 0.2) is 36.4 Å². The summed E-state index contributed by atoms with van der Waals surface area (Å²) in [6.07, 6.45) is 0. The quantitative estimate of drug-likeness (QED) is 0.550. The van der Waals surface area contributed by atoms with Gasteiger partial charge in [-0.05, 0) is 47.2 Å². The molecule has 1 heterocycles. The molecule has 0 radical (unpaired) electrons. The van der Waals surface area contributed by atoms with Gasteiger partial charge >= 0.3 is 0 Å². The van der Waals surface area contributed by atoms with Crippen LogP contribution in [0.25, 0.3) is 11.1 Å². The van der Waals surface area contributed by atoms with Crippen molar-refractivity contribution < 1.29 is 0 Å². The second-order valence-electron chi connectivity index (χ2n) is 5.94. The summed E-state index contributed by atoms with van der Waals surface area (Å²) < 4.78 is 0. The summed E-state index contributed by atoms with van der Waals surface area (Å²) in [5, 5.41) is 0. The maximum Gasteiger partial charge on any atom is 0.0191 e. The van der Waals surface area contributed by atoms with Gasteiger partial charge in [-0.3, -0.25) is 0 Å². The van der Waals surface area contributed by atoms with Crippen molar-refractivity contribution >= 4 is 35.3 Å². The van der Waals surface area contributed by atoms with Gasteiger partial charge in [-0.1, -0.05) is 36.4 Å². The smallest absolute Gasteiger partial charge is 0.0191 e. The number of thioether (sulfide) groups is 3. The lowest BCUT2D eigenvalue weighted by atomic mass is 9.89. The van der Waals surface area contributed by atoms with Gasteiger partial charge in [0.1, 0.15) is 0 Å². The average Bonchev–Trinajstić information content (AvgIpc) is 2.56. The predicted molar refractivity (Wildman–Crippen MR) is 111 cm³/mol. The second kappa shape index (κ2) is 8.55. The summed E-state index contributed by atoms with van der Waals surface area (Å²) in [5.41, 5.74) is 8.79. The van der Waals surface area contributed by atoms with Crippen molar-refractivity contribution in [3.63, 3.8) is 0 Å². The van der Waals surface area contributed by atoms with Gasteiger partial charge in [0.25, 0.3) is 0 Å². The van der Waals surface area contributed by atoms with Crippen LogP contribution in [-0.4, -0.2) is 23.0 Å². The van der Waals surface area contributed by atoms with Gasteiger partial charge in [-0.2, -0.15) is 35.3 Å². The maximum absolute atomic E-state index is 2.32. The summed E-state index contributed by atoms with van der Waals surface area (Å²) in [4.78, 5) is 0. The number of rotatable bonds is 0. The van der Waals surface area contributed by atoms with Gasteiger partial charge in [0.15, 0.2) is 0 Å². The van der Waals surface area contributed by atoms with Crippen LogP contribution in [0.3, 0.4) is 0 Å². The Balaban J connectivity index is 2.09. The molecule has 0 unspecified atom stereocenters. The van der Waals surface area contributed by atoms with Gasteiger partial charge in [0.2, 0.25) is 0 Å². The van der Waals surface area contributed by atoms with Gasteiger partial charge in [0.05, 0.1) is 0 Å². The second-order valence-corrected chi connectivity index (χ2v) is 9.37. The number of hydrogen-bond donors (Lipinski definition) is 0. The Morgan fingerprint density at radius 2 is 1.04 bits per heavy atom. The van der Waals surface area contributed by atoms with E-state index in [1.807, 2.05) is 0 Å². The minimum atomic E-state index is 1.12. The van der Waals surface area contributed by atoms with E-state index in [1.165, 1.54) is 56.4 Å². The van der Waals surface area contributed by atoms with Crippen LogP contribution in [-0.2, 0) is 11.5 Å². The Morgan fingerprint density at radius 1 is 0.609 bits per heavy atom. The van der Waals surface area contributed by atoms with E-state index in [4.69, 9.17) is 0 Å². The molecular weight excluding hydrogens is 336 g/mol. The van der Waals surface area contributed by atoms with Crippen molar-refractivity contribution in [3.05, 3.63) is 58.7 Å². The van der Waals surface area contributed by atoms with Crippen LogP contribution in [0.4, 0.5) is 0 Å². The Labute approximate surface area is 153 Å². The number of benzene rings is 2. The molecule has 0 saturated carbocycles. The highest BCUT2D eigenvalue weighted by Gasteiger charge is 2.15. The lowest BCUT2D eigenvalue weighted by Crippen LogP contribution is -1.98. The summed E-state index contributed by atoms with van der Waals surface area (Å²) >= 11 is 6.26. The van der Waals surface area contributed by atoms with Crippen molar-refractivity contribution in [1.82, 2.24) is 0 Å². The summed E-state index contributed by atoms with van der Waals surface area (Å²) in [5.74, 6) is 7.31. The molecule has 0 aromatic heterocycles. The molecule has 3 rings (SSSR count). The number of aryl methyl sites for hydroxylation is 2. The summed E-state index contributed by atoms with van der Waals surface area (Å²) in [6, 6.07) is 13.6. The fourth-order valence-corrected chi connectivity index (χ4v) is 6.41. The van der Waals surface area contributed by atoms with Crippen molar-refractivity contribution in [2.75, 3.05) is 23.0 Å². The van der Waals surface area contributed by atoms with Crippen molar-refractivity contribution in [1.29, 1.82) is 0 Å². The first-order chi connectivity index (χ1) is 11.3. The fourth-order valence-electron chi connectivity index (χ4n) is 3.12. The highest BCUT2D eigenvalue weighted by Crippen LogP contribution is 2.36. The van der Waals surface area contributed by atoms with Gasteiger partial charge in [0, 0.05) is 34.5 Å². The molecule has 0 nitrogen and oxygen atoms in total. The van der Waals surface area contributed by atoms with Crippen molar-refractivity contribution in [3.8, 4) is 11.1 Å². The van der Waals surface area contributed by atoms with E-state index >= 15 is 0 Å². The van der Waals surface area contributed by atoms with Gasteiger partial charge in [-0.25, -0.2) is 0 Å². The molecule has 0 N–H and O–H groups in total. The van der Waals surface area contributed by atoms with E-state index in [9.17, 15) is 0 Å². The molecule has 0 amide bonds. The molecular formula is C20H24S3. The molecule has 3 heteroatoms. The van der Waals surface area contributed by atoms with E-state index in [2.05, 4.69) is 85.5 Å². The van der Waals surface area contributed by atoms with Gasteiger partial charge < -0.3 is 0 Å². The minimum absolute atomic E-state index is 1.12. The third kappa shape index (κ3) is 4.32. The molecule has 0 saturated heterocycles. The van der Waals surface area contributed by atoms with E-state index in [1.54, 1.807) is 0 Å². The Morgan fingerprint density at radius 3 is 1.52 bits per heavy atom. The van der Waals surface area contributed by atoms with E-state index in [0.29, 0.717) is 0 Å². The molecule has 122 valence electrons. The van der Waals surface area contributed by atoms with Gasteiger partial charge in [-0.15, -0.1) is 0 Å². The molecule has 0 spiro atoms. The van der Waals surface area contributed by atoms with Crippen LogP contribution in [0, 0.1) is 13.8 Å². The Kier molecular flexibility index (Phi) is 6.44. The van der Waals surface area contributed by atoms with E-state index in [0.717, 1.165) is 11.5 Å². The molecule has 0 fully saturated rings. The Hall–Kier alpha value is -0.510. The number of fused-ring (bicyclic) bond motifs is 3.